The van der Waals surface area contributed by atoms with Gasteiger partial charge >= 0.3 is 0 Å². The summed E-state index contributed by atoms with van der Waals surface area (Å²) in [6.07, 6.45) is -0.274. The van der Waals surface area contributed by atoms with Gasteiger partial charge < -0.3 is 9.84 Å². The van der Waals surface area contributed by atoms with E-state index in [4.69, 9.17) is 9.84 Å². The van der Waals surface area contributed by atoms with E-state index in [0.29, 0.717) is 32.8 Å². The van der Waals surface area contributed by atoms with Crippen LogP contribution >= 0.6 is 0 Å². The van der Waals surface area contributed by atoms with Gasteiger partial charge in [-0.3, -0.25) is 4.90 Å². The van der Waals surface area contributed by atoms with Crippen molar-refractivity contribution in [1.29, 1.82) is 0 Å². The Morgan fingerprint density at radius 3 is 2.46 bits per heavy atom. The number of aliphatic hydroxyl groups is 1. The summed E-state index contributed by atoms with van der Waals surface area (Å²) in [5.74, 6) is -2.93. The number of hydrogen-bond acceptors (Lipinski definition) is 3. The Morgan fingerprint density at radius 1 is 1.31 bits per heavy atom. The Kier molecular flexibility index (Phi) is 4.02. The molecule has 0 spiro atoms. The zero-order valence-electron chi connectivity index (χ0n) is 7.51. The van der Waals surface area contributed by atoms with Crippen LogP contribution in [0.25, 0.3) is 0 Å². The smallest absolute Gasteiger partial charge is 0.271 e. The number of ether oxygens (including phenoxy) is 1. The van der Waals surface area contributed by atoms with Crippen LogP contribution in [0, 0.1) is 0 Å². The van der Waals surface area contributed by atoms with E-state index in [2.05, 4.69) is 0 Å². The lowest BCUT2D eigenvalue weighted by molar-refractivity contribution is -0.0666. The normalized spacial score (nSPS) is 20.5. The average Bonchev–Trinajstić information content (AvgIpc) is 2.17. The lowest BCUT2D eigenvalue weighted by atomic mass is 10.2. The van der Waals surface area contributed by atoms with Gasteiger partial charge in [0, 0.05) is 26.1 Å². The summed E-state index contributed by atoms with van der Waals surface area (Å²) in [5, 5.41) is 8.33. The predicted octanol–water partition coefficient (Wildman–Crippen LogP) is 0.336. The molecule has 3 nitrogen and oxygen atoms in total. The van der Waals surface area contributed by atoms with Crippen LogP contribution in [-0.4, -0.2) is 55.4 Å². The van der Waals surface area contributed by atoms with Gasteiger partial charge in [0.1, 0.15) is 6.61 Å². The largest absolute Gasteiger partial charge is 0.390 e. The molecule has 0 aromatic heterocycles. The Morgan fingerprint density at radius 2 is 1.92 bits per heavy atom. The van der Waals surface area contributed by atoms with Crippen LogP contribution in [0.5, 0.6) is 0 Å². The number of rotatable bonds is 4. The van der Waals surface area contributed by atoms with Crippen LogP contribution in [0.4, 0.5) is 8.78 Å². The third-order valence-corrected chi connectivity index (χ3v) is 2.13. The topological polar surface area (TPSA) is 32.7 Å². The molecule has 0 amide bonds. The molecule has 0 radical (unpaired) electrons. The molecule has 1 fully saturated rings. The minimum atomic E-state index is -2.93. The van der Waals surface area contributed by atoms with Crippen molar-refractivity contribution in [2.45, 2.75) is 12.3 Å². The zero-order chi connectivity index (χ0) is 9.73. The summed E-state index contributed by atoms with van der Waals surface area (Å²) in [5.41, 5.74) is 0. The number of halogens is 2. The summed E-state index contributed by atoms with van der Waals surface area (Å²) < 4.78 is 30.3. The SMILES string of the molecule is OCC(F)(F)CCN1CCOCC1. The molecule has 0 aromatic rings. The molecule has 0 aliphatic carbocycles. The van der Waals surface area contributed by atoms with E-state index in [1.807, 2.05) is 4.90 Å². The highest BCUT2D eigenvalue weighted by molar-refractivity contribution is 4.69. The van der Waals surface area contributed by atoms with Gasteiger partial charge in [0.2, 0.25) is 0 Å². The van der Waals surface area contributed by atoms with Crippen LogP contribution in [0.15, 0.2) is 0 Å². The van der Waals surface area contributed by atoms with E-state index in [9.17, 15) is 8.78 Å². The van der Waals surface area contributed by atoms with E-state index in [0.717, 1.165) is 0 Å². The molecular weight excluding hydrogens is 180 g/mol. The van der Waals surface area contributed by atoms with Gasteiger partial charge in [-0.25, -0.2) is 8.78 Å². The second-order valence-electron chi connectivity index (χ2n) is 3.22. The van der Waals surface area contributed by atoms with Crippen molar-refractivity contribution in [2.75, 3.05) is 39.5 Å². The molecule has 0 unspecified atom stereocenters. The number of morpholine rings is 1. The molecule has 0 bridgehead atoms. The van der Waals surface area contributed by atoms with Crippen LogP contribution in [0.1, 0.15) is 6.42 Å². The van der Waals surface area contributed by atoms with E-state index >= 15 is 0 Å². The maximum atomic E-state index is 12.6. The summed E-state index contributed by atoms with van der Waals surface area (Å²) in [7, 11) is 0. The Hall–Kier alpha value is -0.260. The molecule has 13 heavy (non-hydrogen) atoms. The van der Waals surface area contributed by atoms with Gasteiger partial charge in [-0.05, 0) is 0 Å². The maximum absolute atomic E-state index is 12.6. The fourth-order valence-corrected chi connectivity index (χ4v) is 1.23. The van der Waals surface area contributed by atoms with Gasteiger partial charge in [0.15, 0.2) is 0 Å². The molecular formula is C8H15F2NO2. The monoisotopic (exact) mass is 195 g/mol. The predicted molar refractivity (Wildman–Crippen MR) is 43.9 cm³/mol. The maximum Gasteiger partial charge on any atom is 0.271 e. The molecule has 0 atom stereocenters. The first kappa shape index (κ1) is 10.8. The van der Waals surface area contributed by atoms with Crippen molar-refractivity contribution in [3.05, 3.63) is 0 Å². The number of hydrogen-bond donors (Lipinski definition) is 1. The van der Waals surface area contributed by atoms with Crippen LogP contribution in [0.2, 0.25) is 0 Å². The summed E-state index contributed by atoms with van der Waals surface area (Å²) in [6.45, 7) is 1.92. The Bertz CT molecular complexity index is 149. The summed E-state index contributed by atoms with van der Waals surface area (Å²) >= 11 is 0. The number of alkyl halides is 2. The molecule has 78 valence electrons. The van der Waals surface area contributed by atoms with Crippen LogP contribution < -0.4 is 0 Å². The molecule has 1 aliphatic heterocycles. The minimum Gasteiger partial charge on any atom is -0.390 e. The molecule has 1 aliphatic rings. The van der Waals surface area contributed by atoms with Crippen LogP contribution in [-0.2, 0) is 4.74 Å². The second kappa shape index (κ2) is 4.83. The Labute approximate surface area is 76.3 Å². The zero-order valence-corrected chi connectivity index (χ0v) is 7.51. The molecule has 5 heteroatoms. The summed E-state index contributed by atoms with van der Waals surface area (Å²) in [6, 6.07) is 0. The highest BCUT2D eigenvalue weighted by Crippen LogP contribution is 2.17. The van der Waals surface area contributed by atoms with E-state index < -0.39 is 12.5 Å². The van der Waals surface area contributed by atoms with E-state index in [-0.39, 0.29) is 6.42 Å². The first-order chi connectivity index (χ1) is 6.14. The van der Waals surface area contributed by atoms with Gasteiger partial charge in [0.25, 0.3) is 5.92 Å². The van der Waals surface area contributed by atoms with E-state index in [1.165, 1.54) is 0 Å². The lowest BCUT2D eigenvalue weighted by Gasteiger charge is -2.27. The average molecular weight is 195 g/mol. The third-order valence-electron chi connectivity index (χ3n) is 2.13. The highest BCUT2D eigenvalue weighted by Gasteiger charge is 2.28. The quantitative estimate of drug-likeness (QED) is 0.702. The number of aliphatic hydroxyl groups excluding tert-OH is 1. The van der Waals surface area contributed by atoms with Crippen molar-refractivity contribution in [1.82, 2.24) is 4.90 Å². The molecule has 0 saturated carbocycles. The number of nitrogens with zero attached hydrogens (tertiary/aromatic N) is 1. The summed E-state index contributed by atoms with van der Waals surface area (Å²) in [4.78, 5) is 1.92. The van der Waals surface area contributed by atoms with Crippen molar-refractivity contribution in [3.63, 3.8) is 0 Å². The fraction of sp³-hybridized carbons (Fsp3) is 1.00. The molecule has 1 rings (SSSR count). The molecule has 1 saturated heterocycles. The van der Waals surface area contributed by atoms with E-state index in [1.54, 1.807) is 0 Å². The van der Waals surface area contributed by atoms with Crippen molar-refractivity contribution < 1.29 is 18.6 Å². The van der Waals surface area contributed by atoms with Crippen molar-refractivity contribution in [3.8, 4) is 0 Å². The highest BCUT2D eigenvalue weighted by atomic mass is 19.3. The first-order valence-electron chi connectivity index (χ1n) is 4.43. The second-order valence-corrected chi connectivity index (χ2v) is 3.22. The fourth-order valence-electron chi connectivity index (χ4n) is 1.23. The van der Waals surface area contributed by atoms with Crippen molar-refractivity contribution >= 4 is 0 Å². The molecule has 0 aromatic carbocycles. The van der Waals surface area contributed by atoms with Crippen molar-refractivity contribution in [2.24, 2.45) is 0 Å². The lowest BCUT2D eigenvalue weighted by Crippen LogP contribution is -2.39. The molecule has 1 N–H and O–H groups in total. The van der Waals surface area contributed by atoms with Crippen LogP contribution in [0.3, 0.4) is 0 Å². The molecule has 1 heterocycles. The van der Waals surface area contributed by atoms with Gasteiger partial charge in [-0.1, -0.05) is 0 Å². The standard InChI is InChI=1S/C8H15F2NO2/c9-8(10,7-12)1-2-11-3-5-13-6-4-11/h12H,1-7H2. The minimum absolute atomic E-state index is 0.274. The Balaban J connectivity index is 2.17. The van der Waals surface area contributed by atoms with Gasteiger partial charge in [0.05, 0.1) is 13.2 Å². The third kappa shape index (κ3) is 3.97. The first-order valence-corrected chi connectivity index (χ1v) is 4.43. The van der Waals surface area contributed by atoms with Gasteiger partial charge in [-0.2, -0.15) is 0 Å². The van der Waals surface area contributed by atoms with Gasteiger partial charge in [-0.15, -0.1) is 0 Å².